The summed E-state index contributed by atoms with van der Waals surface area (Å²) in [7, 11) is -4.86. The average Bonchev–Trinajstić information content (AvgIpc) is 3.21. The number of pyridine rings is 1. The second-order valence-electron chi connectivity index (χ2n) is 8.01. The summed E-state index contributed by atoms with van der Waals surface area (Å²) in [6.45, 7) is 2.45. The quantitative estimate of drug-likeness (QED) is 0.303. The number of fused-ring (bicyclic) bond motifs is 1. The molecule has 1 radical (unpaired) electrons. The highest BCUT2D eigenvalue weighted by molar-refractivity contribution is 7.87. The van der Waals surface area contributed by atoms with E-state index in [9.17, 15) is 17.4 Å². The van der Waals surface area contributed by atoms with Gasteiger partial charge in [-0.1, -0.05) is 17.7 Å². The van der Waals surface area contributed by atoms with Crippen LogP contribution in [0.25, 0.3) is 10.9 Å². The van der Waals surface area contributed by atoms with Gasteiger partial charge in [-0.15, -0.1) is 0 Å². The molecule has 2 aliphatic rings. The number of allylic oxidation sites excluding steroid dienone is 1. The van der Waals surface area contributed by atoms with E-state index in [4.69, 9.17) is 22.1 Å². The van der Waals surface area contributed by atoms with Gasteiger partial charge in [0, 0.05) is 35.8 Å². The number of morpholine rings is 1. The lowest BCUT2D eigenvalue weighted by atomic mass is 10.0. The van der Waals surface area contributed by atoms with Crippen molar-refractivity contribution in [3.8, 4) is 0 Å². The number of alkyl halides is 1. The van der Waals surface area contributed by atoms with Crippen LogP contribution in [0.15, 0.2) is 65.3 Å². The van der Waals surface area contributed by atoms with Crippen molar-refractivity contribution < 1.29 is 22.1 Å². The van der Waals surface area contributed by atoms with E-state index in [1.807, 2.05) is 0 Å². The second-order valence-corrected chi connectivity index (χ2v) is 9.82. The predicted octanol–water partition coefficient (Wildman–Crippen LogP) is 3.34. The van der Waals surface area contributed by atoms with Gasteiger partial charge in [0.25, 0.3) is 0 Å². The lowest BCUT2D eigenvalue weighted by Gasteiger charge is -2.32. The molecule has 1 atom stereocenters. The predicted molar refractivity (Wildman–Crippen MR) is 133 cm³/mol. The molecule has 0 spiro atoms. The number of nitrogens with zero attached hydrogens (tertiary/aromatic N) is 4. The smallest absolute Gasteiger partial charge is 0.364 e. The Morgan fingerprint density at radius 2 is 1.89 bits per heavy atom. The molecular weight excluding hydrogens is 497 g/mol. The zero-order chi connectivity index (χ0) is 24.8. The molecule has 0 saturated carbocycles. The number of hydrogen-bond donors (Lipinski definition) is 2. The van der Waals surface area contributed by atoms with Crippen LogP contribution in [-0.2, 0) is 20.0 Å². The van der Waals surface area contributed by atoms with Gasteiger partial charge in [0.15, 0.2) is 0 Å². The Kier molecular flexibility index (Phi) is 5.88. The van der Waals surface area contributed by atoms with Gasteiger partial charge in [0.2, 0.25) is 5.00 Å². The van der Waals surface area contributed by atoms with E-state index in [1.165, 1.54) is 18.2 Å². The molecule has 1 aromatic heterocycles. The largest absolute Gasteiger partial charge is 0.384 e. The number of aliphatic imine (C=N–C) groups is 1. The first-order chi connectivity index (χ1) is 16.7. The van der Waals surface area contributed by atoms with Gasteiger partial charge in [-0.25, -0.2) is 18.7 Å². The summed E-state index contributed by atoms with van der Waals surface area (Å²) in [6, 6.07) is 11.5. The summed E-state index contributed by atoms with van der Waals surface area (Å²) in [5.41, 5.74) is 7.80. The van der Waals surface area contributed by atoms with E-state index in [-0.39, 0.29) is 11.4 Å². The van der Waals surface area contributed by atoms with Crippen molar-refractivity contribution in [2.24, 2.45) is 4.99 Å². The molecule has 1 fully saturated rings. The van der Waals surface area contributed by atoms with Crippen LogP contribution in [0.1, 0.15) is 5.56 Å². The van der Waals surface area contributed by atoms with E-state index in [2.05, 4.69) is 21.1 Å². The van der Waals surface area contributed by atoms with Crippen LogP contribution in [0.3, 0.4) is 0 Å². The Hall–Kier alpha value is -3.25. The Morgan fingerprint density at radius 1 is 1.17 bits per heavy atom. The van der Waals surface area contributed by atoms with Crippen LogP contribution in [0.5, 0.6) is 0 Å². The molecule has 3 N–H and O–H groups in total. The summed E-state index contributed by atoms with van der Waals surface area (Å²) < 4.78 is 54.4. The molecule has 3 heterocycles. The maximum absolute atomic E-state index is 13.5. The number of aromatic nitrogens is 1. The molecule has 35 heavy (non-hydrogen) atoms. The van der Waals surface area contributed by atoms with Gasteiger partial charge in [-0.2, -0.15) is 8.42 Å². The van der Waals surface area contributed by atoms with Crippen molar-refractivity contribution in [2.75, 3.05) is 41.2 Å². The normalized spacial score (nSPS) is 20.3. The number of halogens is 2. The second kappa shape index (κ2) is 8.76. The molecule has 181 valence electrons. The van der Waals surface area contributed by atoms with E-state index < -0.39 is 21.1 Å². The maximum atomic E-state index is 13.5. The molecule has 2 aromatic carbocycles. The first-order valence-corrected chi connectivity index (χ1v) is 12.4. The van der Waals surface area contributed by atoms with Crippen LogP contribution < -0.4 is 14.9 Å². The molecule has 1 saturated heterocycles. The summed E-state index contributed by atoms with van der Waals surface area (Å²) in [4.78, 5) is 9.00. The minimum atomic E-state index is -4.86. The van der Waals surface area contributed by atoms with Crippen molar-refractivity contribution in [3.63, 3.8) is 0 Å². The number of ether oxygens (including phenoxy) is 1. The molecule has 12 heteroatoms. The molecule has 2 aliphatic heterocycles. The first-order valence-electron chi connectivity index (χ1n) is 10.6. The molecule has 0 amide bonds. The van der Waals surface area contributed by atoms with Crippen LogP contribution in [-0.4, -0.2) is 50.5 Å². The third kappa shape index (κ3) is 4.31. The lowest BCUT2D eigenvalue weighted by Crippen LogP contribution is -2.37. The van der Waals surface area contributed by atoms with Gasteiger partial charge >= 0.3 is 10.3 Å². The SMILES string of the molecule is Nc1cc(N2CCOCC2)c2cc(C3(Cl)N=[C]C=C3N(c3ccc(F)cc3)S(=O)(=O)O)ccc2n1. The zero-order valence-corrected chi connectivity index (χ0v) is 19.8. The van der Waals surface area contributed by atoms with Crippen molar-refractivity contribution in [1.82, 2.24) is 4.98 Å². The van der Waals surface area contributed by atoms with Gasteiger partial charge in [0.05, 0.1) is 36.3 Å². The fourth-order valence-electron chi connectivity index (χ4n) is 4.21. The van der Waals surface area contributed by atoms with E-state index in [0.29, 0.717) is 47.5 Å². The highest BCUT2D eigenvalue weighted by Crippen LogP contribution is 2.46. The van der Waals surface area contributed by atoms with Crippen molar-refractivity contribution >= 4 is 56.2 Å². The molecule has 9 nitrogen and oxygen atoms in total. The first kappa shape index (κ1) is 23.5. The fraction of sp³-hybridized carbons (Fsp3) is 0.217. The Labute approximate surface area is 206 Å². The van der Waals surface area contributed by atoms with Gasteiger partial charge in [-0.05, 0) is 42.5 Å². The summed E-state index contributed by atoms with van der Waals surface area (Å²) in [5.74, 6) is -0.213. The Morgan fingerprint density at radius 3 is 2.57 bits per heavy atom. The van der Waals surface area contributed by atoms with E-state index >= 15 is 0 Å². The molecule has 0 bridgehead atoms. The maximum Gasteiger partial charge on any atom is 0.364 e. The third-order valence-electron chi connectivity index (χ3n) is 5.81. The topological polar surface area (TPSA) is 121 Å². The molecule has 0 aliphatic carbocycles. The monoisotopic (exact) mass is 516 g/mol. The van der Waals surface area contributed by atoms with Gasteiger partial charge in [-0.3, -0.25) is 4.55 Å². The minimum absolute atomic E-state index is 0.0201. The molecular formula is C23H20ClFN5O4S. The number of rotatable bonds is 5. The molecule has 1 unspecified atom stereocenters. The highest BCUT2D eigenvalue weighted by Gasteiger charge is 2.43. The van der Waals surface area contributed by atoms with Crippen LogP contribution in [0, 0.1) is 5.82 Å². The molecule has 3 aromatic rings. The minimum Gasteiger partial charge on any atom is -0.384 e. The van der Waals surface area contributed by atoms with Crippen LogP contribution >= 0.6 is 11.6 Å². The number of hydrogen-bond acceptors (Lipinski definition) is 7. The third-order valence-corrected chi connectivity index (χ3v) is 7.18. The summed E-state index contributed by atoms with van der Waals surface area (Å²) >= 11 is 6.95. The average molecular weight is 517 g/mol. The Balaban J connectivity index is 1.64. The van der Waals surface area contributed by atoms with Crippen molar-refractivity contribution in [2.45, 2.75) is 5.00 Å². The van der Waals surface area contributed by atoms with Crippen molar-refractivity contribution in [3.05, 3.63) is 71.7 Å². The van der Waals surface area contributed by atoms with Gasteiger partial charge < -0.3 is 15.4 Å². The van der Waals surface area contributed by atoms with E-state index in [1.54, 1.807) is 24.3 Å². The number of benzene rings is 2. The Bertz CT molecular complexity index is 1460. The molecule has 5 rings (SSSR count). The fourth-order valence-corrected chi connectivity index (χ4v) is 5.39. The van der Waals surface area contributed by atoms with Gasteiger partial charge in [0.1, 0.15) is 11.6 Å². The summed E-state index contributed by atoms with van der Waals surface area (Å²) in [5, 5.41) is 0.736. The summed E-state index contributed by atoms with van der Waals surface area (Å²) in [6.07, 6.45) is 3.87. The number of anilines is 3. The van der Waals surface area contributed by atoms with Crippen molar-refractivity contribution in [1.29, 1.82) is 0 Å². The number of nitrogens with two attached hydrogens (primary N) is 1. The van der Waals surface area contributed by atoms with Crippen LogP contribution in [0.4, 0.5) is 21.6 Å². The van der Waals surface area contributed by atoms with Crippen LogP contribution in [0.2, 0.25) is 0 Å². The standard InChI is InChI=1S/C23H20ClFN5O4S/c24-23(21(7-8-27-23)30(35(31,32)33)17-4-2-16(25)3-5-17)15-1-6-19-18(13-15)20(14-22(26)28-19)29-9-11-34-12-10-29/h1-7,13-14H,9-12H2,(H2,26,28)(H,31,32,33). The lowest BCUT2D eigenvalue weighted by molar-refractivity contribution is 0.123. The zero-order valence-electron chi connectivity index (χ0n) is 18.2. The van der Waals surface area contributed by atoms with E-state index in [0.717, 1.165) is 23.2 Å². The number of nitrogen functional groups attached to an aromatic ring is 1. The highest BCUT2D eigenvalue weighted by atomic mass is 35.5.